The summed E-state index contributed by atoms with van der Waals surface area (Å²) in [5, 5.41) is 7.18. The van der Waals surface area contributed by atoms with E-state index in [1.54, 1.807) is 0 Å². The summed E-state index contributed by atoms with van der Waals surface area (Å²) < 4.78 is 0. The van der Waals surface area contributed by atoms with Gasteiger partial charge in [0, 0.05) is 11.6 Å². The molecule has 0 aromatic rings. The van der Waals surface area contributed by atoms with E-state index in [9.17, 15) is 0 Å². The summed E-state index contributed by atoms with van der Waals surface area (Å²) in [6.45, 7) is 0. The van der Waals surface area contributed by atoms with Crippen molar-refractivity contribution in [3.05, 3.63) is 0 Å². The second-order valence-corrected chi connectivity index (χ2v) is 0.576. The van der Waals surface area contributed by atoms with Crippen LogP contribution in [-0.4, -0.2) is 10.5 Å². The highest BCUT2D eigenvalue weighted by molar-refractivity contribution is 6.60. The van der Waals surface area contributed by atoms with Crippen molar-refractivity contribution in [1.29, 1.82) is 0 Å². The Morgan fingerprint density at radius 2 is 1.67 bits per heavy atom. The van der Waals surface area contributed by atoms with E-state index in [-0.39, 0.29) is 0 Å². The minimum atomic E-state index is -1.36. The van der Waals surface area contributed by atoms with Gasteiger partial charge in [-0.15, -0.1) is 12.8 Å². The smallest absolute Gasteiger partial charge is 0.401 e. The van der Waals surface area contributed by atoms with Gasteiger partial charge in [-0.3, -0.25) is 0 Å². The molecule has 0 aliphatic rings. The highest BCUT2D eigenvalue weighted by Gasteiger charge is 1.71. The van der Waals surface area contributed by atoms with E-state index in [1.165, 1.54) is 0 Å². The quantitative estimate of drug-likeness (QED) is 0.372. The molecule has 0 saturated carbocycles. The highest BCUT2D eigenvalue weighted by Crippen LogP contribution is 1.67. The van der Waals surface area contributed by atoms with Gasteiger partial charge in [-0.2, -0.15) is 0 Å². The number of carboxylic acid groups (broad SMARTS) is 1. The number of terminal acetylenes is 1. The van der Waals surface area contributed by atoms with Gasteiger partial charge in [0.1, 0.15) is 0 Å². The van der Waals surface area contributed by atoms with Crippen molar-refractivity contribution >= 4 is 17.0 Å². The summed E-state index contributed by atoms with van der Waals surface area (Å²) in [6.07, 6.45) is 8.00. The molecule has 0 heterocycles. The molecule has 1 N–H and O–H groups in total. The van der Waals surface area contributed by atoms with Crippen LogP contribution in [0.15, 0.2) is 0 Å². The number of rotatable bonds is 0. The molecular weight excluding hydrogens is 103 g/mol. The third-order valence-electron chi connectivity index (χ3n) is 0. The minimum Gasteiger partial charge on any atom is -0.469 e. The van der Waals surface area contributed by atoms with Crippen LogP contribution in [-0.2, 0) is 0 Å². The summed E-state index contributed by atoms with van der Waals surface area (Å²) in [5.41, 5.74) is -1.36. The van der Waals surface area contributed by atoms with Crippen molar-refractivity contribution in [2.24, 2.45) is 0 Å². The van der Waals surface area contributed by atoms with E-state index in [2.05, 4.69) is 24.4 Å². The number of hydrogen-bond donors (Lipinski definition) is 1. The SMILES string of the molecule is C#C.O=C(O)Cl. The predicted octanol–water partition coefficient (Wildman–Crippen LogP) is 1.15. The van der Waals surface area contributed by atoms with Crippen LogP contribution in [0.1, 0.15) is 0 Å². The molecule has 2 nitrogen and oxygen atoms in total. The maximum absolute atomic E-state index is 8.77. The fourth-order valence-electron chi connectivity index (χ4n) is 0. The first-order chi connectivity index (χ1) is 2.73. The van der Waals surface area contributed by atoms with E-state index in [1.807, 2.05) is 0 Å². The molecule has 0 fully saturated rings. The summed E-state index contributed by atoms with van der Waals surface area (Å²) >= 11 is 4.19. The van der Waals surface area contributed by atoms with E-state index in [0.29, 0.717) is 0 Å². The first-order valence-electron chi connectivity index (χ1n) is 0.950. The zero-order valence-corrected chi connectivity index (χ0v) is 3.64. The van der Waals surface area contributed by atoms with Gasteiger partial charge in [0.05, 0.1) is 0 Å². The zero-order chi connectivity index (χ0) is 5.58. The molecular formula is C3H3ClO2. The third-order valence-corrected chi connectivity index (χ3v) is 0. The van der Waals surface area contributed by atoms with Gasteiger partial charge in [0.15, 0.2) is 0 Å². The summed E-state index contributed by atoms with van der Waals surface area (Å²) in [4.78, 5) is 8.77. The van der Waals surface area contributed by atoms with E-state index in [4.69, 9.17) is 9.90 Å². The van der Waals surface area contributed by atoms with Crippen molar-refractivity contribution in [3.63, 3.8) is 0 Å². The third kappa shape index (κ3) is 38.6. The first kappa shape index (κ1) is 9.01. The Balaban J connectivity index is 0. The van der Waals surface area contributed by atoms with Crippen LogP contribution in [0, 0.1) is 12.8 Å². The van der Waals surface area contributed by atoms with Gasteiger partial charge in [-0.1, -0.05) is 0 Å². The molecule has 0 amide bonds. The zero-order valence-electron chi connectivity index (χ0n) is 2.89. The van der Waals surface area contributed by atoms with Crippen LogP contribution in [0.3, 0.4) is 0 Å². The molecule has 0 aromatic carbocycles. The van der Waals surface area contributed by atoms with Crippen molar-refractivity contribution in [2.75, 3.05) is 0 Å². The van der Waals surface area contributed by atoms with Gasteiger partial charge in [-0.25, -0.2) is 4.79 Å². The van der Waals surface area contributed by atoms with Crippen molar-refractivity contribution in [3.8, 4) is 12.8 Å². The van der Waals surface area contributed by atoms with E-state index < -0.39 is 5.43 Å². The van der Waals surface area contributed by atoms with Gasteiger partial charge < -0.3 is 5.11 Å². The molecule has 0 rings (SSSR count). The number of hydrogen-bond acceptors (Lipinski definition) is 1. The van der Waals surface area contributed by atoms with Gasteiger partial charge in [0.25, 0.3) is 0 Å². The fraction of sp³-hybridized carbons (Fsp3) is 0. The van der Waals surface area contributed by atoms with Crippen LogP contribution in [0.4, 0.5) is 4.79 Å². The molecule has 0 atom stereocenters. The topological polar surface area (TPSA) is 37.3 Å². The largest absolute Gasteiger partial charge is 0.469 e. The summed E-state index contributed by atoms with van der Waals surface area (Å²) in [5.74, 6) is 0. The summed E-state index contributed by atoms with van der Waals surface area (Å²) in [7, 11) is 0. The fourth-order valence-corrected chi connectivity index (χ4v) is 0. The lowest BCUT2D eigenvalue weighted by atomic mass is 11.4. The molecule has 0 aliphatic heterocycles. The van der Waals surface area contributed by atoms with Gasteiger partial charge in [0.2, 0.25) is 0 Å². The van der Waals surface area contributed by atoms with E-state index >= 15 is 0 Å². The second kappa shape index (κ2) is 8.85. The Morgan fingerprint density at radius 1 is 1.67 bits per heavy atom. The standard InChI is InChI=1S/C2H2.CHClO2/c1-2;2-1(3)4/h1-2H;(H,3,4). The minimum absolute atomic E-state index is 1.36. The number of halogens is 1. The Kier molecular flexibility index (Phi) is 13.3. The predicted molar refractivity (Wildman–Crippen MR) is 23.8 cm³/mol. The molecule has 34 valence electrons. The Labute approximate surface area is 40.7 Å². The summed E-state index contributed by atoms with van der Waals surface area (Å²) in [6, 6.07) is 0. The van der Waals surface area contributed by atoms with Crippen LogP contribution in [0.25, 0.3) is 0 Å². The Hall–Kier alpha value is -0.680. The Morgan fingerprint density at radius 3 is 1.67 bits per heavy atom. The van der Waals surface area contributed by atoms with Gasteiger partial charge in [-0.05, 0) is 0 Å². The van der Waals surface area contributed by atoms with Crippen molar-refractivity contribution in [2.45, 2.75) is 0 Å². The molecule has 0 spiro atoms. The molecule has 0 bridgehead atoms. The molecule has 0 aromatic heterocycles. The molecule has 0 aliphatic carbocycles. The normalized spacial score (nSPS) is 4.50. The lowest BCUT2D eigenvalue weighted by molar-refractivity contribution is 0.220. The van der Waals surface area contributed by atoms with Crippen molar-refractivity contribution in [1.82, 2.24) is 0 Å². The maximum Gasteiger partial charge on any atom is 0.401 e. The van der Waals surface area contributed by atoms with Crippen molar-refractivity contribution < 1.29 is 9.90 Å². The van der Waals surface area contributed by atoms with Crippen LogP contribution in [0.5, 0.6) is 0 Å². The van der Waals surface area contributed by atoms with Crippen LogP contribution >= 0.6 is 11.6 Å². The number of carbonyl (C=O) groups is 1. The average molecular weight is 107 g/mol. The monoisotopic (exact) mass is 106 g/mol. The second-order valence-electron chi connectivity index (χ2n) is 0.253. The maximum atomic E-state index is 8.77. The first-order valence-corrected chi connectivity index (χ1v) is 1.33. The molecule has 0 radical (unpaired) electrons. The average Bonchev–Trinajstić information content (AvgIpc) is 1.41. The molecule has 3 heteroatoms. The van der Waals surface area contributed by atoms with Gasteiger partial charge >= 0.3 is 5.43 Å². The molecule has 0 saturated heterocycles. The highest BCUT2D eigenvalue weighted by atomic mass is 35.5. The van der Waals surface area contributed by atoms with E-state index in [0.717, 1.165) is 0 Å². The lowest BCUT2D eigenvalue weighted by Crippen LogP contribution is -1.66. The Bertz CT molecular complexity index is 53.1. The van der Waals surface area contributed by atoms with Crippen LogP contribution < -0.4 is 0 Å². The van der Waals surface area contributed by atoms with Crippen LogP contribution in [0.2, 0.25) is 0 Å². The molecule has 6 heavy (non-hydrogen) atoms. The molecule has 0 unspecified atom stereocenters. The lowest BCUT2D eigenvalue weighted by Gasteiger charge is -1.55.